The maximum atomic E-state index is 13.3. The summed E-state index contributed by atoms with van der Waals surface area (Å²) in [5.41, 5.74) is 2.91. The fourth-order valence-electron chi connectivity index (χ4n) is 3.92. The second kappa shape index (κ2) is 9.51. The third kappa shape index (κ3) is 4.52. The Morgan fingerprint density at radius 3 is 2.62 bits per heavy atom. The van der Waals surface area contributed by atoms with Crippen LogP contribution in [0.3, 0.4) is 0 Å². The summed E-state index contributed by atoms with van der Waals surface area (Å²) in [4.78, 5) is 19.8. The third-order valence-electron chi connectivity index (χ3n) is 5.55. The second-order valence-corrected chi connectivity index (χ2v) is 8.76. The molecule has 4 aromatic rings. The molecule has 0 aliphatic carbocycles. The zero-order valence-corrected chi connectivity index (χ0v) is 18.5. The van der Waals surface area contributed by atoms with Crippen LogP contribution in [-0.4, -0.2) is 36.8 Å². The number of nitrogens with zero attached hydrogens (tertiary/aromatic N) is 2. The number of carbonyl (C=O) groups is 1. The number of anilines is 1. The van der Waals surface area contributed by atoms with Crippen molar-refractivity contribution in [3.8, 4) is 16.9 Å². The van der Waals surface area contributed by atoms with Crippen molar-refractivity contribution in [3.63, 3.8) is 0 Å². The molecule has 1 saturated heterocycles. The second-order valence-electron chi connectivity index (χ2n) is 7.75. The highest BCUT2D eigenvalue weighted by molar-refractivity contribution is 7.22. The number of para-hydroxylation sites is 2. The molecule has 0 unspecified atom stereocenters. The molecule has 1 aliphatic heterocycles. The predicted molar refractivity (Wildman–Crippen MR) is 128 cm³/mol. The van der Waals surface area contributed by atoms with Crippen molar-refractivity contribution in [2.45, 2.75) is 18.9 Å². The zero-order valence-electron chi connectivity index (χ0n) is 17.6. The van der Waals surface area contributed by atoms with Crippen LogP contribution in [0.5, 0.6) is 5.75 Å². The van der Waals surface area contributed by atoms with E-state index in [9.17, 15) is 4.79 Å². The first-order valence-corrected chi connectivity index (χ1v) is 11.6. The highest BCUT2D eigenvalue weighted by Gasteiger charge is 2.26. The number of thiazole rings is 1. The van der Waals surface area contributed by atoms with Gasteiger partial charge in [0.1, 0.15) is 5.75 Å². The van der Waals surface area contributed by atoms with Crippen molar-refractivity contribution in [2.75, 3.05) is 24.7 Å². The Bertz CT molecular complexity index is 1170. The molecule has 0 saturated carbocycles. The van der Waals surface area contributed by atoms with E-state index in [0.717, 1.165) is 40.8 Å². The molecular weight excluding hydrogens is 420 g/mol. The standard InChI is InChI=1S/C26H24N2O3S/c29-25(18-31-23-14-6-4-12-21(23)19-9-2-1-3-10-19)28(17-20-11-8-16-30-20)26-27-22-13-5-7-15-24(22)32-26/h1-7,9-10,12-15,20H,8,11,16-18H2/t20-/m0/s1. The van der Waals surface area contributed by atoms with Crippen molar-refractivity contribution >= 4 is 32.6 Å². The molecule has 1 atom stereocenters. The predicted octanol–water partition coefficient (Wildman–Crippen LogP) is 5.55. The molecule has 0 radical (unpaired) electrons. The maximum Gasteiger partial charge on any atom is 0.266 e. The van der Waals surface area contributed by atoms with E-state index in [1.54, 1.807) is 4.90 Å². The quantitative estimate of drug-likeness (QED) is 0.375. The number of benzene rings is 3. The number of amides is 1. The van der Waals surface area contributed by atoms with Crippen LogP contribution in [-0.2, 0) is 9.53 Å². The average Bonchev–Trinajstić information content (AvgIpc) is 3.51. The van der Waals surface area contributed by atoms with Crippen molar-refractivity contribution in [1.29, 1.82) is 0 Å². The van der Waals surface area contributed by atoms with Crippen LogP contribution in [0.25, 0.3) is 21.3 Å². The Morgan fingerprint density at radius 1 is 1.03 bits per heavy atom. The molecule has 1 fully saturated rings. The normalized spacial score (nSPS) is 15.7. The lowest BCUT2D eigenvalue weighted by Crippen LogP contribution is -2.40. The fraction of sp³-hybridized carbons (Fsp3) is 0.231. The van der Waals surface area contributed by atoms with E-state index in [-0.39, 0.29) is 18.6 Å². The lowest BCUT2D eigenvalue weighted by atomic mass is 10.1. The largest absolute Gasteiger partial charge is 0.483 e. The molecule has 0 N–H and O–H groups in total. The van der Waals surface area contributed by atoms with Gasteiger partial charge in [0.2, 0.25) is 0 Å². The first-order valence-electron chi connectivity index (χ1n) is 10.8. The Balaban J connectivity index is 1.37. The highest BCUT2D eigenvalue weighted by atomic mass is 32.1. The van der Waals surface area contributed by atoms with Crippen LogP contribution >= 0.6 is 11.3 Å². The van der Waals surface area contributed by atoms with Gasteiger partial charge in [0, 0.05) is 12.2 Å². The molecule has 3 aromatic carbocycles. The summed E-state index contributed by atoms with van der Waals surface area (Å²) < 4.78 is 12.9. The highest BCUT2D eigenvalue weighted by Crippen LogP contribution is 2.31. The van der Waals surface area contributed by atoms with Gasteiger partial charge in [0.05, 0.1) is 22.9 Å². The van der Waals surface area contributed by atoms with Gasteiger partial charge in [-0.25, -0.2) is 4.98 Å². The minimum atomic E-state index is -0.123. The Labute approximate surface area is 191 Å². The van der Waals surface area contributed by atoms with E-state index in [2.05, 4.69) is 0 Å². The van der Waals surface area contributed by atoms with Crippen molar-refractivity contribution < 1.29 is 14.3 Å². The molecule has 5 rings (SSSR count). The van der Waals surface area contributed by atoms with Crippen LogP contribution in [0.4, 0.5) is 5.13 Å². The minimum absolute atomic E-state index is 0.0302. The first-order chi connectivity index (χ1) is 15.8. The summed E-state index contributed by atoms with van der Waals surface area (Å²) in [5.74, 6) is 0.566. The summed E-state index contributed by atoms with van der Waals surface area (Å²) in [6.07, 6.45) is 2.00. The summed E-state index contributed by atoms with van der Waals surface area (Å²) in [6.45, 7) is 1.17. The number of ether oxygens (including phenoxy) is 2. The van der Waals surface area contributed by atoms with Crippen molar-refractivity contribution in [1.82, 2.24) is 4.98 Å². The number of hydrogen-bond donors (Lipinski definition) is 0. The van der Waals surface area contributed by atoms with Crippen LogP contribution in [0.15, 0.2) is 78.9 Å². The number of rotatable bonds is 7. The molecule has 1 aromatic heterocycles. The molecule has 6 heteroatoms. The molecule has 5 nitrogen and oxygen atoms in total. The monoisotopic (exact) mass is 444 g/mol. The number of carbonyl (C=O) groups excluding carboxylic acids is 1. The topological polar surface area (TPSA) is 51.7 Å². The van der Waals surface area contributed by atoms with Gasteiger partial charge in [0.15, 0.2) is 11.7 Å². The molecule has 1 amide bonds. The van der Waals surface area contributed by atoms with E-state index >= 15 is 0 Å². The third-order valence-corrected chi connectivity index (χ3v) is 6.61. The van der Waals surface area contributed by atoms with Gasteiger partial charge in [-0.2, -0.15) is 0 Å². The molecule has 2 heterocycles. The van der Waals surface area contributed by atoms with E-state index in [0.29, 0.717) is 17.4 Å². The minimum Gasteiger partial charge on any atom is -0.483 e. The van der Waals surface area contributed by atoms with Gasteiger partial charge >= 0.3 is 0 Å². The first kappa shape index (κ1) is 20.7. The Kier molecular flexibility index (Phi) is 6.14. The van der Waals surface area contributed by atoms with Gasteiger partial charge in [-0.3, -0.25) is 9.69 Å². The summed E-state index contributed by atoms with van der Waals surface area (Å²) in [7, 11) is 0. The van der Waals surface area contributed by atoms with Gasteiger partial charge in [-0.1, -0.05) is 72.0 Å². The van der Waals surface area contributed by atoms with Gasteiger partial charge in [-0.05, 0) is 36.6 Å². The van der Waals surface area contributed by atoms with Gasteiger partial charge in [0.25, 0.3) is 5.91 Å². The molecular formula is C26H24N2O3S. The molecule has 0 bridgehead atoms. The molecule has 162 valence electrons. The van der Waals surface area contributed by atoms with Crippen LogP contribution in [0.2, 0.25) is 0 Å². The average molecular weight is 445 g/mol. The number of fused-ring (bicyclic) bond motifs is 1. The van der Waals surface area contributed by atoms with Crippen molar-refractivity contribution in [2.24, 2.45) is 0 Å². The van der Waals surface area contributed by atoms with E-state index in [1.165, 1.54) is 11.3 Å². The lowest BCUT2D eigenvalue weighted by Gasteiger charge is -2.23. The zero-order chi connectivity index (χ0) is 21.8. The van der Waals surface area contributed by atoms with E-state index in [1.807, 2.05) is 78.9 Å². The smallest absolute Gasteiger partial charge is 0.266 e. The summed E-state index contributed by atoms with van der Waals surface area (Å²) in [5, 5.41) is 0.687. The van der Waals surface area contributed by atoms with Gasteiger partial charge < -0.3 is 9.47 Å². The van der Waals surface area contributed by atoms with Crippen molar-refractivity contribution in [3.05, 3.63) is 78.9 Å². The molecule has 32 heavy (non-hydrogen) atoms. The van der Waals surface area contributed by atoms with E-state index in [4.69, 9.17) is 14.5 Å². The molecule has 0 spiro atoms. The van der Waals surface area contributed by atoms with Crippen LogP contribution < -0.4 is 9.64 Å². The van der Waals surface area contributed by atoms with Crippen LogP contribution in [0.1, 0.15) is 12.8 Å². The fourth-order valence-corrected chi connectivity index (χ4v) is 4.91. The SMILES string of the molecule is O=C(COc1ccccc1-c1ccccc1)N(C[C@@H]1CCCO1)c1nc2ccccc2s1. The van der Waals surface area contributed by atoms with E-state index < -0.39 is 0 Å². The Hall–Kier alpha value is -3.22. The lowest BCUT2D eigenvalue weighted by molar-refractivity contribution is -0.120. The summed E-state index contributed by atoms with van der Waals surface area (Å²) >= 11 is 1.52. The number of hydrogen-bond acceptors (Lipinski definition) is 5. The van der Waals surface area contributed by atoms with Crippen LogP contribution in [0, 0.1) is 0 Å². The molecule has 1 aliphatic rings. The number of aromatic nitrogens is 1. The summed E-state index contributed by atoms with van der Waals surface area (Å²) in [6, 6.07) is 25.8. The Morgan fingerprint density at radius 2 is 1.81 bits per heavy atom. The van der Waals surface area contributed by atoms with Gasteiger partial charge in [-0.15, -0.1) is 0 Å². The maximum absolute atomic E-state index is 13.3.